The average molecular weight is 397 g/mol. The lowest BCUT2D eigenvalue weighted by Gasteiger charge is -2.28. The minimum absolute atomic E-state index is 0.00868. The topological polar surface area (TPSA) is 41.4 Å². The predicted molar refractivity (Wildman–Crippen MR) is 118 cm³/mol. The van der Waals surface area contributed by atoms with E-state index in [0.717, 1.165) is 43.9 Å². The van der Waals surface area contributed by atoms with Gasteiger partial charge in [0, 0.05) is 38.0 Å². The molecule has 0 saturated heterocycles. The Labute approximate surface area is 175 Å². The van der Waals surface area contributed by atoms with Gasteiger partial charge in [-0.1, -0.05) is 45.9 Å². The normalized spacial score (nSPS) is 14.7. The lowest BCUT2D eigenvalue weighted by Crippen LogP contribution is -2.35. The quantitative estimate of drug-likeness (QED) is 0.695. The molecule has 5 heteroatoms. The Morgan fingerprint density at radius 3 is 2.52 bits per heavy atom. The molecule has 1 amide bonds. The van der Waals surface area contributed by atoms with Crippen LogP contribution in [0.15, 0.2) is 30.3 Å². The highest BCUT2D eigenvalue weighted by Gasteiger charge is 2.28. The van der Waals surface area contributed by atoms with Crippen molar-refractivity contribution in [3.63, 3.8) is 0 Å². The number of rotatable bonds is 7. The van der Waals surface area contributed by atoms with Crippen molar-refractivity contribution in [1.82, 2.24) is 19.6 Å². The number of para-hydroxylation sites is 1. The molecule has 3 rings (SSSR count). The molecule has 0 radical (unpaired) electrons. The van der Waals surface area contributed by atoms with Crippen molar-refractivity contribution in [3.05, 3.63) is 47.3 Å². The summed E-state index contributed by atoms with van der Waals surface area (Å²) in [6.45, 7) is 15.0. The molecule has 0 saturated carbocycles. The molecule has 5 nitrogen and oxygen atoms in total. The van der Waals surface area contributed by atoms with Gasteiger partial charge in [0.2, 0.25) is 5.91 Å². The van der Waals surface area contributed by atoms with Crippen LogP contribution in [-0.2, 0) is 24.3 Å². The van der Waals surface area contributed by atoms with Crippen LogP contribution in [0.25, 0.3) is 5.69 Å². The van der Waals surface area contributed by atoms with Gasteiger partial charge in [-0.3, -0.25) is 9.69 Å². The molecule has 1 aromatic carbocycles. The van der Waals surface area contributed by atoms with Crippen molar-refractivity contribution in [3.8, 4) is 5.69 Å². The third kappa shape index (κ3) is 5.27. The van der Waals surface area contributed by atoms with Gasteiger partial charge in [0.1, 0.15) is 0 Å². The molecule has 0 bridgehead atoms. The van der Waals surface area contributed by atoms with E-state index in [4.69, 9.17) is 5.10 Å². The number of hydrogen-bond donors (Lipinski definition) is 0. The van der Waals surface area contributed by atoms with Gasteiger partial charge in [-0.2, -0.15) is 5.10 Å². The summed E-state index contributed by atoms with van der Waals surface area (Å²) in [4.78, 5) is 17.4. The fraction of sp³-hybridized carbons (Fsp3) is 0.583. The highest BCUT2D eigenvalue weighted by atomic mass is 16.2. The monoisotopic (exact) mass is 396 g/mol. The zero-order valence-corrected chi connectivity index (χ0v) is 18.7. The Bertz CT molecular complexity index is 819. The van der Waals surface area contributed by atoms with Crippen LogP contribution in [0.5, 0.6) is 0 Å². The first kappa shape index (κ1) is 21.6. The summed E-state index contributed by atoms with van der Waals surface area (Å²) >= 11 is 0. The Morgan fingerprint density at radius 1 is 1.17 bits per heavy atom. The summed E-state index contributed by atoms with van der Waals surface area (Å²) in [7, 11) is 0. The molecular formula is C24H36N4O. The number of aromatic nitrogens is 2. The summed E-state index contributed by atoms with van der Waals surface area (Å²) < 4.78 is 2.11. The summed E-state index contributed by atoms with van der Waals surface area (Å²) in [5, 5.41) is 5.02. The van der Waals surface area contributed by atoms with Gasteiger partial charge in [0.05, 0.1) is 23.6 Å². The number of carbonyl (C=O) groups excluding carboxylic acids is 1. The minimum Gasteiger partial charge on any atom is -0.337 e. The van der Waals surface area contributed by atoms with Crippen molar-refractivity contribution in [2.24, 2.45) is 5.41 Å². The summed E-state index contributed by atoms with van der Waals surface area (Å²) in [6, 6.07) is 10.4. The molecule has 0 fully saturated rings. The molecular weight excluding hydrogens is 360 g/mol. The molecule has 1 aliphatic heterocycles. The van der Waals surface area contributed by atoms with Crippen molar-refractivity contribution < 1.29 is 4.79 Å². The first-order valence-electron chi connectivity index (χ1n) is 11.0. The molecule has 29 heavy (non-hydrogen) atoms. The minimum atomic E-state index is -0.00868. The highest BCUT2D eigenvalue weighted by molar-refractivity contribution is 5.76. The molecule has 158 valence electrons. The van der Waals surface area contributed by atoms with Gasteiger partial charge >= 0.3 is 0 Å². The molecule has 0 aliphatic carbocycles. The molecule has 2 heterocycles. The number of amides is 1. The lowest BCUT2D eigenvalue weighted by atomic mass is 9.91. The lowest BCUT2D eigenvalue weighted by molar-refractivity contribution is -0.133. The van der Waals surface area contributed by atoms with Gasteiger partial charge in [-0.25, -0.2) is 4.68 Å². The van der Waals surface area contributed by atoms with E-state index in [2.05, 4.69) is 68.5 Å². The Kier molecular flexibility index (Phi) is 6.78. The van der Waals surface area contributed by atoms with Crippen LogP contribution in [0.2, 0.25) is 0 Å². The molecule has 0 unspecified atom stereocenters. The van der Waals surface area contributed by atoms with Crippen molar-refractivity contribution in [2.45, 2.75) is 67.0 Å². The fourth-order valence-corrected chi connectivity index (χ4v) is 4.08. The van der Waals surface area contributed by atoms with Gasteiger partial charge in [-0.05, 0) is 37.4 Å². The maximum absolute atomic E-state index is 12.9. The van der Waals surface area contributed by atoms with Crippen molar-refractivity contribution in [1.29, 1.82) is 0 Å². The van der Waals surface area contributed by atoms with Crippen LogP contribution < -0.4 is 0 Å². The van der Waals surface area contributed by atoms with E-state index in [9.17, 15) is 4.79 Å². The van der Waals surface area contributed by atoms with Gasteiger partial charge < -0.3 is 4.90 Å². The zero-order chi connectivity index (χ0) is 21.0. The molecule has 1 aromatic heterocycles. The summed E-state index contributed by atoms with van der Waals surface area (Å²) in [5.74, 6) is 0.212. The second-order valence-electron chi connectivity index (χ2n) is 9.29. The standard InChI is InChI=1S/C24H36N4O/c1-6-14-26-15-13-22-20(17-26)21(25-28(22)19-11-9-8-10-12-19)18-27(7-2)23(29)16-24(3,4)5/h8-12H,6-7,13-18H2,1-5H3. The van der Waals surface area contributed by atoms with Gasteiger partial charge in [-0.15, -0.1) is 0 Å². The van der Waals surface area contributed by atoms with Crippen LogP contribution in [0.3, 0.4) is 0 Å². The maximum Gasteiger partial charge on any atom is 0.223 e. The van der Waals surface area contributed by atoms with Crippen LogP contribution in [0.1, 0.15) is 64.4 Å². The largest absolute Gasteiger partial charge is 0.337 e. The molecule has 1 aliphatic rings. The third-order valence-electron chi connectivity index (χ3n) is 5.52. The van der Waals surface area contributed by atoms with E-state index in [0.29, 0.717) is 19.5 Å². The van der Waals surface area contributed by atoms with E-state index in [1.54, 1.807) is 0 Å². The van der Waals surface area contributed by atoms with Crippen LogP contribution >= 0.6 is 0 Å². The Morgan fingerprint density at radius 2 is 1.90 bits per heavy atom. The molecule has 0 N–H and O–H groups in total. The first-order valence-corrected chi connectivity index (χ1v) is 11.0. The van der Waals surface area contributed by atoms with Crippen molar-refractivity contribution in [2.75, 3.05) is 19.6 Å². The van der Waals surface area contributed by atoms with E-state index in [-0.39, 0.29) is 11.3 Å². The third-order valence-corrected chi connectivity index (χ3v) is 5.52. The maximum atomic E-state index is 12.9. The smallest absolute Gasteiger partial charge is 0.223 e. The van der Waals surface area contributed by atoms with Crippen LogP contribution in [0, 0.1) is 5.41 Å². The second kappa shape index (κ2) is 9.12. The van der Waals surface area contributed by atoms with E-state index in [1.807, 2.05) is 11.0 Å². The Balaban J connectivity index is 1.93. The number of fused-ring (bicyclic) bond motifs is 1. The fourth-order valence-electron chi connectivity index (χ4n) is 4.08. The first-order chi connectivity index (χ1) is 13.8. The van der Waals surface area contributed by atoms with Crippen molar-refractivity contribution >= 4 is 5.91 Å². The van der Waals surface area contributed by atoms with Gasteiger partial charge in [0.15, 0.2) is 0 Å². The molecule has 2 aromatic rings. The van der Waals surface area contributed by atoms with E-state index >= 15 is 0 Å². The number of benzene rings is 1. The van der Waals surface area contributed by atoms with E-state index < -0.39 is 0 Å². The Hall–Kier alpha value is -2.14. The molecule has 0 spiro atoms. The van der Waals surface area contributed by atoms with E-state index in [1.165, 1.54) is 11.3 Å². The number of hydrogen-bond acceptors (Lipinski definition) is 3. The summed E-state index contributed by atoms with van der Waals surface area (Å²) in [6.07, 6.45) is 2.71. The van der Waals surface area contributed by atoms with Crippen LogP contribution in [0.4, 0.5) is 0 Å². The zero-order valence-electron chi connectivity index (χ0n) is 18.7. The number of nitrogens with zero attached hydrogens (tertiary/aromatic N) is 4. The summed E-state index contributed by atoms with van der Waals surface area (Å²) in [5.41, 5.74) is 4.76. The molecule has 0 atom stereocenters. The highest BCUT2D eigenvalue weighted by Crippen LogP contribution is 2.27. The number of carbonyl (C=O) groups is 1. The second-order valence-corrected chi connectivity index (χ2v) is 9.29. The van der Waals surface area contributed by atoms with Crippen LogP contribution in [-0.4, -0.2) is 45.1 Å². The average Bonchev–Trinajstić information content (AvgIpc) is 3.03. The SMILES string of the molecule is CCCN1CCc2c(c(CN(CC)C(=O)CC(C)(C)C)nn2-c2ccccc2)C1. The van der Waals surface area contributed by atoms with Gasteiger partial charge in [0.25, 0.3) is 0 Å². The predicted octanol–water partition coefficient (Wildman–Crippen LogP) is 4.43.